The van der Waals surface area contributed by atoms with Gasteiger partial charge in [0.05, 0.1) is 0 Å². The van der Waals surface area contributed by atoms with Crippen LogP contribution in [-0.4, -0.2) is 23.0 Å². The Kier molecular flexibility index (Phi) is 1.34. The lowest BCUT2D eigenvalue weighted by molar-refractivity contribution is 0.176. The topological polar surface area (TPSA) is 32.3 Å². The number of aliphatic hydroxyl groups is 1. The minimum atomic E-state index is -0.241. The van der Waals surface area contributed by atoms with Gasteiger partial charge in [-0.3, -0.25) is 5.32 Å². The van der Waals surface area contributed by atoms with Gasteiger partial charge in [-0.1, -0.05) is 0 Å². The Hall–Kier alpha value is 0.270. The van der Waals surface area contributed by atoms with Crippen molar-refractivity contribution in [3.8, 4) is 0 Å². The summed E-state index contributed by atoms with van der Waals surface area (Å²) in [4.78, 5) is 0. The second-order valence-corrected chi connectivity index (χ2v) is 2.27. The van der Waals surface area contributed by atoms with Crippen molar-refractivity contribution in [2.45, 2.75) is 6.23 Å². The molecule has 0 aromatic heterocycles. The fourth-order valence-corrected chi connectivity index (χ4v) is 1.15. The largest absolute Gasteiger partial charge is 0.378 e. The first-order valence-corrected chi connectivity index (χ1v) is 3.04. The highest BCUT2D eigenvalue weighted by Crippen LogP contribution is 2.05. The maximum Gasteiger partial charge on any atom is 0.114 e. The molecule has 0 radical (unpaired) electrons. The Morgan fingerprint density at radius 2 is 2.67 bits per heavy atom. The van der Waals surface area contributed by atoms with Gasteiger partial charge in [0, 0.05) is 11.6 Å². The van der Waals surface area contributed by atoms with Gasteiger partial charge in [0.2, 0.25) is 0 Å². The maximum atomic E-state index is 8.60. The molecule has 0 aliphatic carbocycles. The molecule has 1 atom stereocenters. The summed E-state index contributed by atoms with van der Waals surface area (Å²) in [5.74, 6) is 1.75. The Bertz CT molecular complexity index is 44.1. The zero-order chi connectivity index (χ0) is 4.41. The third-order valence-electron chi connectivity index (χ3n) is 0.697. The molecule has 1 aliphatic rings. The Morgan fingerprint density at radius 1 is 1.83 bits per heavy atom. The number of aliphatic hydroxyl groups excluding tert-OH is 1. The second kappa shape index (κ2) is 1.82. The molecule has 1 saturated heterocycles. The summed E-state index contributed by atoms with van der Waals surface area (Å²) >= 11 is 1.72. The molecule has 2 N–H and O–H groups in total. The molecule has 0 aromatic carbocycles. The van der Waals surface area contributed by atoms with Crippen molar-refractivity contribution in [2.75, 3.05) is 11.6 Å². The molecule has 0 amide bonds. The van der Waals surface area contributed by atoms with E-state index in [4.69, 9.17) is 5.11 Å². The number of rotatable bonds is 0. The summed E-state index contributed by atoms with van der Waals surface area (Å²) in [5.41, 5.74) is 0. The molecule has 6 heavy (non-hydrogen) atoms. The summed E-state index contributed by atoms with van der Waals surface area (Å²) in [6.07, 6.45) is -0.241. The zero-order valence-corrected chi connectivity index (χ0v) is 4.16. The Morgan fingerprint density at radius 3 is 2.83 bits per heavy atom. The molecule has 1 unspecified atom stereocenters. The van der Waals surface area contributed by atoms with Crippen LogP contribution in [0.5, 0.6) is 0 Å². The number of hydrogen-bond donors (Lipinski definition) is 2. The Balaban J connectivity index is 2.18. The van der Waals surface area contributed by atoms with Crippen LogP contribution in [0, 0.1) is 0 Å². The summed E-state index contributed by atoms with van der Waals surface area (Å²) < 4.78 is 0. The molecule has 2 nitrogen and oxygen atoms in total. The van der Waals surface area contributed by atoms with Gasteiger partial charge >= 0.3 is 0 Å². The van der Waals surface area contributed by atoms with E-state index in [0.717, 1.165) is 11.6 Å². The highest BCUT2D eigenvalue weighted by Gasteiger charge is 2.07. The van der Waals surface area contributed by atoms with E-state index in [9.17, 15) is 0 Å². The van der Waals surface area contributed by atoms with Crippen LogP contribution in [0.15, 0.2) is 0 Å². The van der Waals surface area contributed by atoms with Crippen LogP contribution >= 0.6 is 11.8 Å². The smallest absolute Gasteiger partial charge is 0.114 e. The zero-order valence-electron chi connectivity index (χ0n) is 3.35. The van der Waals surface area contributed by atoms with E-state index in [0.29, 0.717) is 0 Å². The van der Waals surface area contributed by atoms with Crippen molar-refractivity contribution in [3.63, 3.8) is 0 Å². The van der Waals surface area contributed by atoms with Gasteiger partial charge in [0.15, 0.2) is 0 Å². The van der Waals surface area contributed by atoms with Gasteiger partial charge in [-0.25, -0.2) is 0 Å². The quantitative estimate of drug-likeness (QED) is 0.439. The second-order valence-electron chi connectivity index (χ2n) is 1.24. The van der Waals surface area contributed by atoms with E-state index in [-0.39, 0.29) is 6.23 Å². The van der Waals surface area contributed by atoms with Crippen LogP contribution in [0.3, 0.4) is 0 Å². The average Bonchev–Trinajstić information content (AvgIpc) is 1.86. The predicted molar refractivity (Wildman–Crippen MR) is 26.5 cm³/mol. The summed E-state index contributed by atoms with van der Waals surface area (Å²) in [6, 6.07) is 0. The molecular weight excluding hydrogens is 98.1 g/mol. The molecule has 0 aromatic rings. The first kappa shape index (κ1) is 4.43. The van der Waals surface area contributed by atoms with E-state index >= 15 is 0 Å². The average molecular weight is 105 g/mol. The molecule has 0 saturated carbocycles. The number of nitrogens with one attached hydrogen (secondary N) is 1. The molecule has 1 fully saturated rings. The van der Waals surface area contributed by atoms with Crippen molar-refractivity contribution in [1.82, 2.24) is 5.32 Å². The molecular formula is C3H7NOS. The molecule has 0 bridgehead atoms. The van der Waals surface area contributed by atoms with E-state index in [1.54, 1.807) is 11.8 Å². The molecule has 3 heteroatoms. The maximum absolute atomic E-state index is 8.60. The van der Waals surface area contributed by atoms with E-state index in [1.165, 1.54) is 0 Å². The predicted octanol–water partition coefficient (Wildman–Crippen LogP) is -0.401. The normalized spacial score (nSPS) is 34.5. The van der Waals surface area contributed by atoms with Crippen LogP contribution in [0.2, 0.25) is 0 Å². The van der Waals surface area contributed by atoms with Gasteiger partial charge in [-0.15, -0.1) is 11.8 Å². The van der Waals surface area contributed by atoms with Crippen LogP contribution < -0.4 is 5.32 Å². The molecule has 36 valence electrons. The molecule has 0 spiro atoms. The summed E-state index contributed by atoms with van der Waals surface area (Å²) in [5, 5.41) is 11.4. The molecule has 1 heterocycles. The highest BCUT2D eigenvalue weighted by molar-refractivity contribution is 7.99. The van der Waals surface area contributed by atoms with Crippen molar-refractivity contribution < 1.29 is 5.11 Å². The van der Waals surface area contributed by atoms with Gasteiger partial charge in [0.25, 0.3) is 0 Å². The first-order chi connectivity index (χ1) is 2.89. The van der Waals surface area contributed by atoms with Gasteiger partial charge < -0.3 is 5.11 Å². The van der Waals surface area contributed by atoms with Crippen molar-refractivity contribution in [1.29, 1.82) is 0 Å². The van der Waals surface area contributed by atoms with Crippen molar-refractivity contribution in [3.05, 3.63) is 0 Å². The Labute approximate surface area is 40.9 Å². The van der Waals surface area contributed by atoms with E-state index in [2.05, 4.69) is 5.32 Å². The van der Waals surface area contributed by atoms with Crippen molar-refractivity contribution >= 4 is 11.8 Å². The van der Waals surface area contributed by atoms with E-state index in [1.807, 2.05) is 0 Å². The SMILES string of the molecule is OC1CSCN1. The summed E-state index contributed by atoms with van der Waals surface area (Å²) in [7, 11) is 0. The lowest BCUT2D eigenvalue weighted by Gasteiger charge is -1.93. The lowest BCUT2D eigenvalue weighted by Crippen LogP contribution is -2.21. The fraction of sp³-hybridized carbons (Fsp3) is 1.00. The fourth-order valence-electron chi connectivity index (χ4n) is 0.385. The summed E-state index contributed by atoms with van der Waals surface area (Å²) in [6.45, 7) is 0. The first-order valence-electron chi connectivity index (χ1n) is 1.89. The van der Waals surface area contributed by atoms with Crippen LogP contribution in [0.25, 0.3) is 0 Å². The lowest BCUT2D eigenvalue weighted by atomic mass is 10.7. The van der Waals surface area contributed by atoms with Crippen molar-refractivity contribution in [2.24, 2.45) is 0 Å². The highest BCUT2D eigenvalue weighted by atomic mass is 32.2. The molecule has 1 rings (SSSR count). The third kappa shape index (κ3) is 0.864. The standard InChI is InChI=1S/C3H7NOS/c5-3-1-6-2-4-3/h3-5H,1-2H2. The minimum absolute atomic E-state index is 0.241. The van der Waals surface area contributed by atoms with Crippen LogP contribution in [-0.2, 0) is 0 Å². The number of thioether (sulfide) groups is 1. The van der Waals surface area contributed by atoms with Gasteiger partial charge in [-0.05, 0) is 0 Å². The van der Waals surface area contributed by atoms with Gasteiger partial charge in [0.1, 0.15) is 6.23 Å². The molecule has 1 aliphatic heterocycles. The number of hydrogen-bond acceptors (Lipinski definition) is 3. The third-order valence-corrected chi connectivity index (χ3v) is 1.62. The minimum Gasteiger partial charge on any atom is -0.378 e. The van der Waals surface area contributed by atoms with Crippen LogP contribution in [0.1, 0.15) is 0 Å². The van der Waals surface area contributed by atoms with Crippen LogP contribution in [0.4, 0.5) is 0 Å². The van der Waals surface area contributed by atoms with E-state index < -0.39 is 0 Å². The van der Waals surface area contributed by atoms with Gasteiger partial charge in [-0.2, -0.15) is 0 Å². The monoisotopic (exact) mass is 105 g/mol.